The molecule has 0 aliphatic heterocycles. The van der Waals surface area contributed by atoms with Gasteiger partial charge in [0.2, 0.25) is 5.05 Å². The van der Waals surface area contributed by atoms with Crippen molar-refractivity contribution in [3.63, 3.8) is 0 Å². The van der Waals surface area contributed by atoms with E-state index in [1.54, 1.807) is 36.9 Å². The van der Waals surface area contributed by atoms with Crippen LogP contribution in [0.25, 0.3) is 11.3 Å². The maximum Gasteiger partial charge on any atom is 0.201 e. The number of thiazole rings is 1. The number of hydrogen-bond donors (Lipinski definition) is 1. The van der Waals surface area contributed by atoms with Gasteiger partial charge in [-0.3, -0.25) is 0 Å². The number of thiocarbonyl (C=S) groups is 1. The lowest BCUT2D eigenvalue weighted by molar-refractivity contribution is 0.415. The predicted molar refractivity (Wildman–Crippen MR) is 105 cm³/mol. The van der Waals surface area contributed by atoms with Crippen molar-refractivity contribution < 1.29 is 9.47 Å². The van der Waals surface area contributed by atoms with Crippen molar-refractivity contribution in [2.24, 2.45) is 0 Å². The Morgan fingerprint density at radius 2 is 2.08 bits per heavy atom. The van der Waals surface area contributed by atoms with Crippen LogP contribution < -0.4 is 10.1 Å². The third-order valence-electron chi connectivity index (χ3n) is 3.41. The molecule has 2 aromatic heterocycles. The average molecular weight is 377 g/mol. The normalized spacial score (nSPS) is 10.5. The first-order valence-electron chi connectivity index (χ1n) is 7.16. The molecule has 0 amide bonds. The van der Waals surface area contributed by atoms with Crippen LogP contribution in [-0.4, -0.2) is 24.3 Å². The highest BCUT2D eigenvalue weighted by Crippen LogP contribution is 2.34. The molecule has 4 nitrogen and oxygen atoms in total. The van der Waals surface area contributed by atoms with Crippen LogP contribution in [0.4, 0.5) is 10.8 Å². The standard InChI is InChI=1S/C17H16N2O2S3/c1-10-13(8-15(24-10)16(22)21-3)14-9-23-17(19-14)18-11-5-4-6-12(7-11)20-2/h4-9H,1-3H3,(H,18,19). The minimum atomic E-state index is 0.513. The number of aryl methyl sites for hydroxylation is 1. The Morgan fingerprint density at radius 1 is 1.25 bits per heavy atom. The van der Waals surface area contributed by atoms with E-state index in [1.165, 1.54) is 4.88 Å². The second kappa shape index (κ2) is 7.29. The molecule has 0 aliphatic carbocycles. The molecule has 0 atom stereocenters. The van der Waals surface area contributed by atoms with E-state index in [4.69, 9.17) is 21.7 Å². The minimum Gasteiger partial charge on any atom is -0.497 e. The lowest BCUT2D eigenvalue weighted by Gasteiger charge is -2.04. The van der Waals surface area contributed by atoms with Crippen LogP contribution in [-0.2, 0) is 4.74 Å². The van der Waals surface area contributed by atoms with Gasteiger partial charge in [-0.05, 0) is 37.3 Å². The monoisotopic (exact) mass is 376 g/mol. The molecule has 0 spiro atoms. The van der Waals surface area contributed by atoms with Gasteiger partial charge in [-0.15, -0.1) is 22.7 Å². The number of benzene rings is 1. The molecule has 1 aromatic carbocycles. The zero-order chi connectivity index (χ0) is 17.1. The summed E-state index contributed by atoms with van der Waals surface area (Å²) in [5, 5.41) is 6.69. The minimum absolute atomic E-state index is 0.513. The van der Waals surface area contributed by atoms with Gasteiger partial charge < -0.3 is 14.8 Å². The Balaban J connectivity index is 1.83. The topological polar surface area (TPSA) is 43.4 Å². The zero-order valence-corrected chi connectivity index (χ0v) is 15.9. The third-order valence-corrected chi connectivity index (χ3v) is 5.73. The number of hydrogen-bond acceptors (Lipinski definition) is 7. The quantitative estimate of drug-likeness (QED) is 0.616. The number of thiophene rings is 1. The van der Waals surface area contributed by atoms with Crippen molar-refractivity contribution in [2.45, 2.75) is 6.92 Å². The summed E-state index contributed by atoms with van der Waals surface area (Å²) < 4.78 is 10.4. The molecule has 0 bridgehead atoms. The summed E-state index contributed by atoms with van der Waals surface area (Å²) in [6, 6.07) is 9.81. The number of nitrogens with zero attached hydrogens (tertiary/aromatic N) is 1. The summed E-state index contributed by atoms with van der Waals surface area (Å²) in [5.74, 6) is 0.808. The molecule has 0 aliphatic rings. The molecule has 3 aromatic rings. The van der Waals surface area contributed by atoms with Gasteiger partial charge in [-0.2, -0.15) is 0 Å². The van der Waals surface area contributed by atoms with Crippen LogP contribution in [0, 0.1) is 6.92 Å². The Hall–Kier alpha value is -1.96. The number of methoxy groups -OCH3 is 2. The van der Waals surface area contributed by atoms with E-state index in [0.29, 0.717) is 5.05 Å². The first-order valence-corrected chi connectivity index (χ1v) is 9.27. The van der Waals surface area contributed by atoms with Crippen LogP contribution in [0.5, 0.6) is 5.75 Å². The fourth-order valence-corrected chi connectivity index (χ4v) is 4.08. The van der Waals surface area contributed by atoms with Gasteiger partial charge in [-0.25, -0.2) is 4.98 Å². The Kier molecular flexibility index (Phi) is 5.13. The van der Waals surface area contributed by atoms with Crippen LogP contribution in [0.2, 0.25) is 0 Å². The van der Waals surface area contributed by atoms with Crippen LogP contribution in [0.1, 0.15) is 9.75 Å². The Morgan fingerprint density at radius 3 is 2.83 bits per heavy atom. The molecule has 124 valence electrons. The molecule has 7 heteroatoms. The van der Waals surface area contributed by atoms with Gasteiger partial charge in [0.05, 0.1) is 24.8 Å². The number of anilines is 2. The molecule has 1 N–H and O–H groups in total. The number of aromatic nitrogens is 1. The van der Waals surface area contributed by atoms with E-state index in [1.807, 2.05) is 35.7 Å². The number of ether oxygens (including phenoxy) is 2. The summed E-state index contributed by atoms with van der Waals surface area (Å²) >= 11 is 8.39. The van der Waals surface area contributed by atoms with Crippen molar-refractivity contribution in [3.05, 3.63) is 45.5 Å². The fraction of sp³-hybridized carbons (Fsp3) is 0.176. The average Bonchev–Trinajstić information content (AvgIpc) is 3.20. The molecular weight excluding hydrogens is 360 g/mol. The maximum absolute atomic E-state index is 5.24. The van der Waals surface area contributed by atoms with Crippen molar-refractivity contribution in [1.29, 1.82) is 0 Å². The van der Waals surface area contributed by atoms with Crippen LogP contribution >= 0.6 is 34.9 Å². The first-order chi connectivity index (χ1) is 11.6. The number of rotatable bonds is 5. The molecule has 0 fully saturated rings. The van der Waals surface area contributed by atoms with E-state index in [-0.39, 0.29) is 0 Å². The molecule has 0 saturated heterocycles. The van der Waals surface area contributed by atoms with Gasteiger partial charge in [0.15, 0.2) is 5.13 Å². The fourth-order valence-electron chi connectivity index (χ4n) is 2.22. The summed E-state index contributed by atoms with van der Waals surface area (Å²) in [4.78, 5) is 6.80. The lowest BCUT2D eigenvalue weighted by Crippen LogP contribution is -1.95. The van der Waals surface area contributed by atoms with Crippen molar-refractivity contribution >= 4 is 50.8 Å². The molecule has 0 unspecified atom stereocenters. The SMILES string of the molecule is COC(=S)c1cc(-c2csc(Nc3cccc(OC)c3)n2)c(C)s1. The van der Waals surface area contributed by atoms with Gasteiger partial charge >= 0.3 is 0 Å². The molecular formula is C17H16N2O2S3. The van der Waals surface area contributed by atoms with Gasteiger partial charge in [0.25, 0.3) is 0 Å². The van der Waals surface area contributed by atoms with Gasteiger partial charge in [-0.1, -0.05) is 6.07 Å². The molecule has 3 rings (SSSR count). The third kappa shape index (κ3) is 3.58. The zero-order valence-electron chi connectivity index (χ0n) is 13.5. The summed E-state index contributed by atoms with van der Waals surface area (Å²) in [6.45, 7) is 2.07. The molecule has 24 heavy (non-hydrogen) atoms. The summed E-state index contributed by atoms with van der Waals surface area (Å²) in [6.07, 6.45) is 0. The second-order valence-electron chi connectivity index (χ2n) is 4.97. The maximum atomic E-state index is 5.24. The molecule has 0 radical (unpaired) electrons. The highest BCUT2D eigenvalue weighted by molar-refractivity contribution is 7.80. The molecule has 2 heterocycles. The van der Waals surface area contributed by atoms with E-state index in [0.717, 1.165) is 32.7 Å². The van der Waals surface area contributed by atoms with Crippen molar-refractivity contribution in [3.8, 4) is 17.0 Å². The lowest BCUT2D eigenvalue weighted by atomic mass is 10.2. The van der Waals surface area contributed by atoms with E-state index < -0.39 is 0 Å². The van der Waals surface area contributed by atoms with Crippen LogP contribution in [0.15, 0.2) is 35.7 Å². The highest BCUT2D eigenvalue weighted by Gasteiger charge is 2.14. The summed E-state index contributed by atoms with van der Waals surface area (Å²) in [5.41, 5.74) is 2.96. The van der Waals surface area contributed by atoms with Gasteiger partial charge in [0.1, 0.15) is 5.75 Å². The van der Waals surface area contributed by atoms with E-state index >= 15 is 0 Å². The van der Waals surface area contributed by atoms with Crippen molar-refractivity contribution in [1.82, 2.24) is 4.98 Å². The first kappa shape index (κ1) is 16.9. The number of nitrogens with one attached hydrogen (secondary N) is 1. The smallest absolute Gasteiger partial charge is 0.201 e. The highest BCUT2D eigenvalue weighted by atomic mass is 32.1. The second-order valence-corrected chi connectivity index (χ2v) is 7.45. The Bertz CT molecular complexity index is 870. The van der Waals surface area contributed by atoms with Gasteiger partial charge in [0, 0.05) is 27.6 Å². The largest absolute Gasteiger partial charge is 0.497 e. The Labute approximate surface area is 154 Å². The van der Waals surface area contributed by atoms with E-state index in [2.05, 4.69) is 17.2 Å². The van der Waals surface area contributed by atoms with Crippen LogP contribution in [0.3, 0.4) is 0 Å². The summed E-state index contributed by atoms with van der Waals surface area (Å²) in [7, 11) is 3.25. The molecule has 0 saturated carbocycles. The predicted octanol–water partition coefficient (Wildman–Crippen LogP) is 5.25. The van der Waals surface area contributed by atoms with E-state index in [9.17, 15) is 0 Å². The van der Waals surface area contributed by atoms with Crippen molar-refractivity contribution in [2.75, 3.05) is 19.5 Å².